The number of fused-ring (bicyclic) bond motifs is 1. The number of carbonyl (C=O) groups excluding carboxylic acids is 1. The minimum atomic E-state index is -0.409. The molecule has 0 fully saturated rings. The molecule has 1 aromatic heterocycles. The van der Waals surface area contributed by atoms with E-state index in [0.29, 0.717) is 35.6 Å². The first kappa shape index (κ1) is 16.6. The molecule has 130 valence electrons. The Hall–Kier alpha value is -3.22. The van der Waals surface area contributed by atoms with Gasteiger partial charge in [0.2, 0.25) is 0 Å². The minimum Gasteiger partial charge on any atom is -0.494 e. The second-order valence-electron chi connectivity index (χ2n) is 5.33. The molecule has 0 saturated carbocycles. The van der Waals surface area contributed by atoms with Crippen molar-refractivity contribution >= 4 is 28.5 Å². The fraction of sp³-hybridized carbons (Fsp3) is 0.222. The highest BCUT2D eigenvalue weighted by atomic mass is 16.5. The van der Waals surface area contributed by atoms with Crippen molar-refractivity contribution < 1.29 is 13.9 Å². The number of urea groups is 1. The van der Waals surface area contributed by atoms with Crippen LogP contribution in [-0.4, -0.2) is 17.2 Å². The van der Waals surface area contributed by atoms with Gasteiger partial charge in [0.05, 0.1) is 12.1 Å². The number of carbonyl (C=O) groups is 1. The van der Waals surface area contributed by atoms with Gasteiger partial charge in [0.1, 0.15) is 5.75 Å². The summed E-state index contributed by atoms with van der Waals surface area (Å²) in [4.78, 5) is 23.8. The van der Waals surface area contributed by atoms with Crippen LogP contribution in [0, 0.1) is 0 Å². The maximum absolute atomic E-state index is 12.1. The van der Waals surface area contributed by atoms with Crippen LogP contribution in [0.2, 0.25) is 0 Å². The highest BCUT2D eigenvalue weighted by molar-refractivity contribution is 6.00. The summed E-state index contributed by atoms with van der Waals surface area (Å²) in [5, 5.41) is 5.45. The fourth-order valence-electron chi connectivity index (χ4n) is 2.54. The Kier molecular flexibility index (Phi) is 4.74. The summed E-state index contributed by atoms with van der Waals surface area (Å²) >= 11 is 0. The zero-order chi connectivity index (χ0) is 17.8. The van der Waals surface area contributed by atoms with Crippen molar-refractivity contribution in [3.05, 3.63) is 53.0 Å². The molecule has 1 heterocycles. The Morgan fingerprint density at radius 1 is 1.08 bits per heavy atom. The number of hydrogen-bond donors (Lipinski definition) is 2. The number of nitrogens with one attached hydrogen (secondary N) is 2. The number of aromatic nitrogens is 1. The van der Waals surface area contributed by atoms with Gasteiger partial charge in [-0.05, 0) is 50.2 Å². The summed E-state index contributed by atoms with van der Waals surface area (Å²) in [6.45, 7) is 4.89. The lowest BCUT2D eigenvalue weighted by atomic mass is 10.3. The molecule has 0 bridgehead atoms. The first-order valence-electron chi connectivity index (χ1n) is 8.05. The predicted molar refractivity (Wildman–Crippen MR) is 96.4 cm³/mol. The third-order valence-corrected chi connectivity index (χ3v) is 3.67. The van der Waals surface area contributed by atoms with E-state index in [9.17, 15) is 9.59 Å². The summed E-state index contributed by atoms with van der Waals surface area (Å²) in [6, 6.07) is 11.8. The fourth-order valence-corrected chi connectivity index (χ4v) is 2.54. The number of hydrogen-bond acceptors (Lipinski definition) is 4. The topological polar surface area (TPSA) is 85.5 Å². The van der Waals surface area contributed by atoms with Crippen LogP contribution in [0.15, 0.2) is 51.7 Å². The Labute approximate surface area is 144 Å². The monoisotopic (exact) mass is 341 g/mol. The summed E-state index contributed by atoms with van der Waals surface area (Å²) in [7, 11) is 0. The Morgan fingerprint density at radius 2 is 1.76 bits per heavy atom. The van der Waals surface area contributed by atoms with Crippen LogP contribution in [0.4, 0.5) is 16.2 Å². The highest BCUT2D eigenvalue weighted by Crippen LogP contribution is 2.19. The van der Waals surface area contributed by atoms with Gasteiger partial charge in [-0.15, -0.1) is 0 Å². The lowest BCUT2D eigenvalue weighted by molar-refractivity contribution is 0.262. The van der Waals surface area contributed by atoms with Gasteiger partial charge in [0.15, 0.2) is 5.58 Å². The van der Waals surface area contributed by atoms with Crippen molar-refractivity contribution in [1.29, 1.82) is 0 Å². The molecule has 0 spiro atoms. The summed E-state index contributed by atoms with van der Waals surface area (Å²) in [5.41, 5.74) is 2.31. The number of anilines is 2. The molecule has 0 saturated heterocycles. The maximum atomic E-state index is 12.1. The first-order chi connectivity index (χ1) is 12.1. The van der Waals surface area contributed by atoms with Crippen LogP contribution in [0.1, 0.15) is 13.8 Å². The molecule has 3 aromatic rings. The van der Waals surface area contributed by atoms with Gasteiger partial charge in [-0.2, -0.15) is 0 Å². The third kappa shape index (κ3) is 3.65. The lowest BCUT2D eigenvalue weighted by Crippen LogP contribution is -2.19. The number of rotatable bonds is 5. The summed E-state index contributed by atoms with van der Waals surface area (Å²) < 4.78 is 12.1. The Bertz CT molecular complexity index is 941. The zero-order valence-corrected chi connectivity index (χ0v) is 14.0. The first-order valence-corrected chi connectivity index (χ1v) is 8.05. The van der Waals surface area contributed by atoms with E-state index in [1.54, 1.807) is 42.5 Å². The van der Waals surface area contributed by atoms with E-state index < -0.39 is 5.76 Å². The molecule has 7 heteroatoms. The van der Waals surface area contributed by atoms with E-state index in [2.05, 4.69) is 10.6 Å². The predicted octanol–water partition coefficient (Wildman–Crippen LogP) is 3.66. The van der Waals surface area contributed by atoms with Crippen LogP contribution < -0.4 is 21.1 Å². The van der Waals surface area contributed by atoms with Crippen LogP contribution in [0.3, 0.4) is 0 Å². The van der Waals surface area contributed by atoms with Gasteiger partial charge in [-0.3, -0.25) is 4.57 Å². The van der Waals surface area contributed by atoms with Gasteiger partial charge in [-0.1, -0.05) is 0 Å². The second-order valence-corrected chi connectivity index (χ2v) is 5.33. The average Bonchev–Trinajstić information content (AvgIpc) is 2.91. The minimum absolute atomic E-state index is 0.388. The van der Waals surface area contributed by atoms with Crippen molar-refractivity contribution in [2.45, 2.75) is 20.4 Å². The van der Waals surface area contributed by atoms with Crippen LogP contribution in [0.25, 0.3) is 11.1 Å². The number of nitrogens with zero attached hydrogens (tertiary/aromatic N) is 1. The summed E-state index contributed by atoms with van der Waals surface area (Å²) in [5.74, 6) is 0.336. The van der Waals surface area contributed by atoms with E-state index in [0.717, 1.165) is 5.75 Å². The molecule has 0 aliphatic rings. The third-order valence-electron chi connectivity index (χ3n) is 3.67. The number of oxazole rings is 1. The second kappa shape index (κ2) is 7.12. The normalized spacial score (nSPS) is 10.6. The molecule has 3 rings (SSSR count). The van der Waals surface area contributed by atoms with Crippen molar-refractivity contribution in [3.63, 3.8) is 0 Å². The van der Waals surface area contributed by atoms with Crippen LogP contribution in [-0.2, 0) is 6.54 Å². The molecule has 7 nitrogen and oxygen atoms in total. The quantitative estimate of drug-likeness (QED) is 0.741. The molecule has 2 aromatic carbocycles. The molecular formula is C18H19N3O4. The number of amides is 2. The standard InChI is InChI=1S/C18H19N3O4/c1-3-21-15-10-7-13(11-16(15)25-18(21)23)20-17(22)19-12-5-8-14(9-6-12)24-4-2/h5-11H,3-4H2,1-2H3,(H2,19,20,22). The van der Waals surface area contributed by atoms with Crippen molar-refractivity contribution in [2.75, 3.05) is 17.2 Å². The van der Waals surface area contributed by atoms with Crippen molar-refractivity contribution in [3.8, 4) is 5.75 Å². The number of ether oxygens (including phenoxy) is 1. The zero-order valence-electron chi connectivity index (χ0n) is 14.0. The number of benzene rings is 2. The Balaban J connectivity index is 1.70. The van der Waals surface area contributed by atoms with Crippen LogP contribution >= 0.6 is 0 Å². The summed E-state index contributed by atoms with van der Waals surface area (Å²) in [6.07, 6.45) is 0. The van der Waals surface area contributed by atoms with Gasteiger partial charge in [-0.25, -0.2) is 9.59 Å². The van der Waals surface area contributed by atoms with E-state index in [1.165, 1.54) is 4.57 Å². The van der Waals surface area contributed by atoms with Gasteiger partial charge >= 0.3 is 11.8 Å². The van der Waals surface area contributed by atoms with Gasteiger partial charge in [0, 0.05) is 24.0 Å². The average molecular weight is 341 g/mol. The van der Waals surface area contributed by atoms with Crippen molar-refractivity contribution in [1.82, 2.24) is 4.57 Å². The molecule has 0 aliphatic heterocycles. The molecular weight excluding hydrogens is 322 g/mol. The van der Waals surface area contributed by atoms with Crippen LogP contribution in [0.5, 0.6) is 5.75 Å². The Morgan fingerprint density at radius 3 is 2.44 bits per heavy atom. The van der Waals surface area contributed by atoms with E-state index in [4.69, 9.17) is 9.15 Å². The molecule has 25 heavy (non-hydrogen) atoms. The van der Waals surface area contributed by atoms with Crippen molar-refractivity contribution in [2.24, 2.45) is 0 Å². The largest absolute Gasteiger partial charge is 0.494 e. The highest BCUT2D eigenvalue weighted by Gasteiger charge is 2.10. The molecule has 2 N–H and O–H groups in total. The van der Waals surface area contributed by atoms with E-state index in [-0.39, 0.29) is 6.03 Å². The molecule has 0 atom stereocenters. The van der Waals surface area contributed by atoms with Gasteiger partial charge < -0.3 is 19.8 Å². The van der Waals surface area contributed by atoms with E-state index in [1.807, 2.05) is 13.8 Å². The smallest absolute Gasteiger partial charge is 0.419 e. The molecule has 0 unspecified atom stereocenters. The number of aryl methyl sites for hydroxylation is 1. The van der Waals surface area contributed by atoms with E-state index >= 15 is 0 Å². The molecule has 0 radical (unpaired) electrons. The van der Waals surface area contributed by atoms with Gasteiger partial charge in [0.25, 0.3) is 0 Å². The molecule has 0 aliphatic carbocycles. The molecule has 2 amide bonds. The lowest BCUT2D eigenvalue weighted by Gasteiger charge is -2.09. The SMILES string of the molecule is CCOc1ccc(NC(=O)Nc2ccc3c(c2)oc(=O)n3CC)cc1. The maximum Gasteiger partial charge on any atom is 0.419 e.